The van der Waals surface area contributed by atoms with Crippen LogP contribution in [0.3, 0.4) is 0 Å². The van der Waals surface area contributed by atoms with Crippen molar-refractivity contribution in [3.8, 4) is 11.4 Å². The average Bonchev–Trinajstić information content (AvgIpc) is 2.66. The molecule has 0 aliphatic heterocycles. The van der Waals surface area contributed by atoms with Gasteiger partial charge in [0, 0.05) is 12.4 Å². The maximum Gasteiger partial charge on any atom is 0.172 e. The third-order valence-electron chi connectivity index (χ3n) is 1.93. The summed E-state index contributed by atoms with van der Waals surface area (Å²) in [6, 6.07) is 7.21. The lowest BCUT2D eigenvalue weighted by atomic mass is 10.3. The van der Waals surface area contributed by atoms with E-state index in [0.717, 1.165) is 10.8 Å². The number of nitrogens with zero attached hydrogens (tertiary/aromatic N) is 2. The van der Waals surface area contributed by atoms with Crippen LogP contribution in [0.5, 0.6) is 5.75 Å². The van der Waals surface area contributed by atoms with E-state index in [0.29, 0.717) is 0 Å². The van der Waals surface area contributed by atoms with Crippen molar-refractivity contribution in [3.05, 3.63) is 36.7 Å². The largest absolute Gasteiger partial charge is 0.506 e. The first kappa shape index (κ1) is 9.15. The first-order valence-corrected chi connectivity index (χ1v) is 5.41. The van der Waals surface area contributed by atoms with Gasteiger partial charge in [0.15, 0.2) is 5.16 Å². The van der Waals surface area contributed by atoms with E-state index in [1.165, 1.54) is 0 Å². The molecule has 0 bridgehead atoms. The molecule has 1 aromatic carbocycles. The van der Waals surface area contributed by atoms with Crippen molar-refractivity contribution >= 4 is 11.8 Å². The number of phenolic OH excluding ortho intramolecular Hbond substituents is 1. The fourth-order valence-electron chi connectivity index (χ4n) is 1.29. The molecule has 0 aliphatic carbocycles. The molecular formula is C10H10N2OS. The smallest absolute Gasteiger partial charge is 0.172 e. The zero-order valence-electron chi connectivity index (χ0n) is 7.71. The molecule has 0 atom stereocenters. The van der Waals surface area contributed by atoms with Crippen LogP contribution in [0.15, 0.2) is 41.8 Å². The fourth-order valence-corrected chi connectivity index (χ4v) is 1.81. The van der Waals surface area contributed by atoms with Gasteiger partial charge in [-0.05, 0) is 18.4 Å². The molecular weight excluding hydrogens is 196 g/mol. The predicted molar refractivity (Wildman–Crippen MR) is 57.0 cm³/mol. The van der Waals surface area contributed by atoms with Crippen molar-refractivity contribution in [2.24, 2.45) is 0 Å². The molecule has 0 radical (unpaired) electrons. The Morgan fingerprint density at radius 2 is 2.14 bits per heavy atom. The lowest BCUT2D eigenvalue weighted by Gasteiger charge is -2.07. The van der Waals surface area contributed by atoms with Crippen LogP contribution < -0.4 is 0 Å². The molecule has 0 saturated heterocycles. The number of thioether (sulfide) groups is 1. The fraction of sp³-hybridized carbons (Fsp3) is 0.100. The quantitative estimate of drug-likeness (QED) is 0.766. The van der Waals surface area contributed by atoms with Crippen molar-refractivity contribution in [2.45, 2.75) is 5.16 Å². The van der Waals surface area contributed by atoms with Gasteiger partial charge >= 0.3 is 0 Å². The summed E-state index contributed by atoms with van der Waals surface area (Å²) in [5.41, 5.74) is 0.759. The number of aromatic hydroxyl groups is 1. The summed E-state index contributed by atoms with van der Waals surface area (Å²) in [7, 11) is 0. The molecule has 72 valence electrons. The van der Waals surface area contributed by atoms with Gasteiger partial charge in [0.2, 0.25) is 0 Å². The lowest BCUT2D eigenvalue weighted by Crippen LogP contribution is -1.94. The molecule has 1 heterocycles. The normalized spacial score (nSPS) is 10.4. The molecule has 0 unspecified atom stereocenters. The third kappa shape index (κ3) is 1.48. The highest BCUT2D eigenvalue weighted by Gasteiger charge is 2.06. The molecule has 2 aromatic rings. The third-order valence-corrected chi connectivity index (χ3v) is 2.60. The first-order valence-electron chi connectivity index (χ1n) is 4.18. The topological polar surface area (TPSA) is 38.0 Å². The van der Waals surface area contributed by atoms with E-state index in [9.17, 15) is 5.11 Å². The molecule has 0 fully saturated rings. The molecule has 0 amide bonds. The minimum absolute atomic E-state index is 0.265. The molecule has 0 aliphatic rings. The number of imidazole rings is 1. The maximum absolute atomic E-state index is 9.64. The van der Waals surface area contributed by atoms with Crippen LogP contribution in [0, 0.1) is 0 Å². The summed E-state index contributed by atoms with van der Waals surface area (Å²) in [6.45, 7) is 0. The average molecular weight is 206 g/mol. The first-order chi connectivity index (χ1) is 6.83. The number of benzene rings is 1. The van der Waals surface area contributed by atoms with Crippen LogP contribution in [0.2, 0.25) is 0 Å². The summed E-state index contributed by atoms with van der Waals surface area (Å²) in [5.74, 6) is 0.265. The standard InChI is InChI=1S/C10H10N2OS/c1-14-10-11-6-7-12(10)8-4-2-3-5-9(8)13/h2-7,13H,1H3. The van der Waals surface area contributed by atoms with E-state index < -0.39 is 0 Å². The molecule has 4 heteroatoms. The van der Waals surface area contributed by atoms with Crippen LogP contribution in [0.1, 0.15) is 0 Å². The summed E-state index contributed by atoms with van der Waals surface area (Å²) in [5, 5.41) is 10.5. The number of phenols is 1. The predicted octanol–water partition coefficient (Wildman–Crippen LogP) is 2.30. The molecule has 3 nitrogen and oxygen atoms in total. The van der Waals surface area contributed by atoms with Crippen LogP contribution >= 0.6 is 11.8 Å². The second kappa shape index (κ2) is 3.75. The second-order valence-electron chi connectivity index (χ2n) is 2.77. The van der Waals surface area contributed by atoms with E-state index >= 15 is 0 Å². The van der Waals surface area contributed by atoms with Crippen molar-refractivity contribution in [1.29, 1.82) is 0 Å². The Bertz CT molecular complexity index is 439. The van der Waals surface area contributed by atoms with E-state index in [2.05, 4.69) is 4.98 Å². The van der Waals surface area contributed by atoms with Gasteiger partial charge in [-0.1, -0.05) is 23.9 Å². The highest BCUT2D eigenvalue weighted by atomic mass is 32.2. The Kier molecular flexibility index (Phi) is 2.45. The van der Waals surface area contributed by atoms with Gasteiger partial charge in [-0.15, -0.1) is 0 Å². The number of aromatic nitrogens is 2. The molecule has 0 saturated carbocycles. The van der Waals surface area contributed by atoms with Gasteiger partial charge in [0.05, 0.1) is 5.69 Å². The van der Waals surface area contributed by atoms with E-state index in [-0.39, 0.29) is 5.75 Å². The minimum Gasteiger partial charge on any atom is -0.506 e. The Morgan fingerprint density at radius 1 is 1.36 bits per heavy atom. The van der Waals surface area contributed by atoms with Gasteiger partial charge < -0.3 is 5.11 Å². The van der Waals surface area contributed by atoms with Crippen LogP contribution in [-0.4, -0.2) is 20.9 Å². The van der Waals surface area contributed by atoms with Crippen molar-refractivity contribution in [2.75, 3.05) is 6.26 Å². The molecule has 14 heavy (non-hydrogen) atoms. The number of para-hydroxylation sites is 2. The van der Waals surface area contributed by atoms with E-state index in [1.807, 2.05) is 29.2 Å². The zero-order valence-corrected chi connectivity index (χ0v) is 8.53. The summed E-state index contributed by atoms with van der Waals surface area (Å²) in [4.78, 5) is 4.17. The number of hydrogen-bond acceptors (Lipinski definition) is 3. The minimum atomic E-state index is 0.265. The molecule has 2 rings (SSSR count). The van der Waals surface area contributed by atoms with Crippen LogP contribution in [0.25, 0.3) is 5.69 Å². The highest BCUT2D eigenvalue weighted by Crippen LogP contribution is 2.24. The van der Waals surface area contributed by atoms with Crippen molar-refractivity contribution < 1.29 is 5.11 Å². The van der Waals surface area contributed by atoms with Crippen molar-refractivity contribution in [1.82, 2.24) is 9.55 Å². The Morgan fingerprint density at radius 3 is 2.86 bits per heavy atom. The van der Waals surface area contributed by atoms with Crippen LogP contribution in [0.4, 0.5) is 0 Å². The summed E-state index contributed by atoms with van der Waals surface area (Å²) >= 11 is 1.55. The lowest BCUT2D eigenvalue weighted by molar-refractivity contribution is 0.471. The van der Waals surface area contributed by atoms with E-state index in [4.69, 9.17) is 0 Å². The van der Waals surface area contributed by atoms with Gasteiger partial charge in [0.1, 0.15) is 5.75 Å². The van der Waals surface area contributed by atoms with Crippen LogP contribution in [-0.2, 0) is 0 Å². The molecule has 0 spiro atoms. The Hall–Kier alpha value is -1.42. The van der Waals surface area contributed by atoms with Gasteiger partial charge in [-0.3, -0.25) is 4.57 Å². The van der Waals surface area contributed by atoms with E-state index in [1.54, 1.807) is 30.1 Å². The van der Waals surface area contributed by atoms with Crippen molar-refractivity contribution in [3.63, 3.8) is 0 Å². The zero-order chi connectivity index (χ0) is 9.97. The number of hydrogen-bond donors (Lipinski definition) is 1. The maximum atomic E-state index is 9.64. The Balaban J connectivity index is 2.54. The second-order valence-corrected chi connectivity index (χ2v) is 3.55. The van der Waals surface area contributed by atoms with Gasteiger partial charge in [-0.25, -0.2) is 4.98 Å². The highest BCUT2D eigenvalue weighted by molar-refractivity contribution is 7.98. The van der Waals surface area contributed by atoms with Gasteiger partial charge in [-0.2, -0.15) is 0 Å². The number of rotatable bonds is 2. The summed E-state index contributed by atoms with van der Waals surface area (Å²) in [6.07, 6.45) is 5.51. The monoisotopic (exact) mass is 206 g/mol. The SMILES string of the molecule is CSc1nccn1-c1ccccc1O. The van der Waals surface area contributed by atoms with Gasteiger partial charge in [0.25, 0.3) is 0 Å². The molecule has 1 aromatic heterocycles. The summed E-state index contributed by atoms with van der Waals surface area (Å²) < 4.78 is 1.86. The molecule has 1 N–H and O–H groups in total. The Labute approximate surface area is 86.4 Å².